The second-order valence-electron chi connectivity index (χ2n) is 10.1. The van der Waals surface area contributed by atoms with E-state index in [0.29, 0.717) is 13.0 Å². The van der Waals surface area contributed by atoms with Crippen LogP contribution in [0.2, 0.25) is 0 Å². The molecule has 1 atom stereocenters. The van der Waals surface area contributed by atoms with Gasteiger partial charge in [0.25, 0.3) is 5.91 Å². The number of ether oxygens (including phenoxy) is 1. The van der Waals surface area contributed by atoms with E-state index in [0.717, 1.165) is 55.3 Å². The Bertz CT molecular complexity index is 1270. The summed E-state index contributed by atoms with van der Waals surface area (Å²) in [7, 11) is 1.68. The highest BCUT2D eigenvalue weighted by Crippen LogP contribution is 2.37. The molecular formula is C31H36N4O2. The summed E-state index contributed by atoms with van der Waals surface area (Å²) in [6.45, 7) is 9.21. The summed E-state index contributed by atoms with van der Waals surface area (Å²) in [5, 5.41) is 6.61. The zero-order chi connectivity index (χ0) is 25.8. The van der Waals surface area contributed by atoms with Gasteiger partial charge < -0.3 is 4.74 Å². The third-order valence-corrected chi connectivity index (χ3v) is 7.58. The van der Waals surface area contributed by atoms with Crippen molar-refractivity contribution in [3.63, 3.8) is 0 Å². The van der Waals surface area contributed by atoms with E-state index in [1.807, 2.05) is 24.3 Å². The number of carbonyl (C=O) groups is 1. The number of carbonyl (C=O) groups excluding carboxylic acids is 1. The minimum atomic E-state index is -0.181. The summed E-state index contributed by atoms with van der Waals surface area (Å²) in [5.41, 5.74) is 6.83. The molecule has 0 spiro atoms. The fourth-order valence-corrected chi connectivity index (χ4v) is 5.23. The molecule has 3 aromatic carbocycles. The van der Waals surface area contributed by atoms with Crippen molar-refractivity contribution in [2.45, 2.75) is 32.9 Å². The molecule has 0 bridgehead atoms. The van der Waals surface area contributed by atoms with Crippen LogP contribution >= 0.6 is 0 Å². The van der Waals surface area contributed by atoms with Crippen LogP contribution in [0.4, 0.5) is 0 Å². The number of hydrogen-bond acceptors (Lipinski definition) is 5. The Balaban J connectivity index is 1.31. The van der Waals surface area contributed by atoms with E-state index in [1.54, 1.807) is 12.1 Å². The van der Waals surface area contributed by atoms with Crippen LogP contribution in [-0.4, -0.2) is 66.3 Å². The molecule has 1 saturated heterocycles. The number of aryl methyl sites for hydroxylation is 2. The van der Waals surface area contributed by atoms with E-state index in [4.69, 9.17) is 9.84 Å². The molecule has 5 rings (SSSR count). The minimum Gasteiger partial charge on any atom is -0.496 e. The number of methoxy groups -OCH3 is 1. The first-order valence-corrected chi connectivity index (χ1v) is 13.1. The summed E-state index contributed by atoms with van der Waals surface area (Å²) in [6, 6.07) is 24.8. The summed E-state index contributed by atoms with van der Waals surface area (Å²) >= 11 is 0. The van der Waals surface area contributed by atoms with Crippen LogP contribution < -0.4 is 4.74 Å². The Labute approximate surface area is 220 Å². The molecule has 6 nitrogen and oxygen atoms in total. The predicted molar refractivity (Wildman–Crippen MR) is 148 cm³/mol. The number of benzene rings is 3. The standard InChI is InChI=1S/C31H36N4O2/c1-23-13-14-26(19-24(23)2)28-20-29(27-11-7-8-12-30(27)37-3)35(32-28)31(36)22-34-17-15-33(16-18-34)21-25-9-5-4-6-10-25/h4-14,19,29H,15-18,20-22H2,1-3H3. The van der Waals surface area contributed by atoms with Crippen molar-refractivity contribution >= 4 is 11.6 Å². The van der Waals surface area contributed by atoms with Crippen LogP contribution in [0.25, 0.3) is 0 Å². The van der Waals surface area contributed by atoms with E-state index in [9.17, 15) is 4.79 Å². The first-order chi connectivity index (χ1) is 18.0. The molecule has 192 valence electrons. The Morgan fingerprint density at radius 3 is 2.32 bits per heavy atom. The molecular weight excluding hydrogens is 460 g/mol. The van der Waals surface area contributed by atoms with Gasteiger partial charge in [0.2, 0.25) is 0 Å². The molecule has 6 heteroatoms. The van der Waals surface area contributed by atoms with Crippen molar-refractivity contribution in [2.24, 2.45) is 5.10 Å². The third-order valence-electron chi connectivity index (χ3n) is 7.58. The summed E-state index contributed by atoms with van der Waals surface area (Å²) in [6.07, 6.45) is 0.666. The van der Waals surface area contributed by atoms with Gasteiger partial charge in [0.15, 0.2) is 0 Å². The number of hydrogen-bond donors (Lipinski definition) is 0. The van der Waals surface area contributed by atoms with E-state index in [2.05, 4.69) is 72.2 Å². The maximum atomic E-state index is 13.7. The van der Waals surface area contributed by atoms with Gasteiger partial charge in [0.1, 0.15) is 5.75 Å². The topological polar surface area (TPSA) is 48.4 Å². The number of para-hydroxylation sites is 1. The molecule has 2 heterocycles. The number of rotatable bonds is 7. The number of amides is 1. The van der Waals surface area contributed by atoms with Crippen molar-refractivity contribution in [1.82, 2.24) is 14.8 Å². The molecule has 0 N–H and O–H groups in total. The van der Waals surface area contributed by atoms with Crippen LogP contribution in [0, 0.1) is 13.8 Å². The third kappa shape index (κ3) is 5.76. The molecule has 2 aliphatic rings. The van der Waals surface area contributed by atoms with E-state index >= 15 is 0 Å². The predicted octanol–water partition coefficient (Wildman–Crippen LogP) is 4.81. The van der Waals surface area contributed by atoms with Gasteiger partial charge in [-0.3, -0.25) is 14.6 Å². The lowest BCUT2D eigenvalue weighted by Crippen LogP contribution is -2.49. The van der Waals surface area contributed by atoms with Gasteiger partial charge in [0, 0.05) is 44.7 Å². The fourth-order valence-electron chi connectivity index (χ4n) is 5.23. The van der Waals surface area contributed by atoms with Gasteiger partial charge in [-0.05, 0) is 48.2 Å². The lowest BCUT2D eigenvalue weighted by atomic mass is 9.96. The molecule has 0 radical (unpaired) electrons. The van der Waals surface area contributed by atoms with Crippen molar-refractivity contribution in [3.05, 3.63) is 101 Å². The molecule has 37 heavy (non-hydrogen) atoms. The molecule has 1 amide bonds. The van der Waals surface area contributed by atoms with Gasteiger partial charge in [-0.1, -0.05) is 60.7 Å². The Kier molecular flexibility index (Phi) is 7.68. The number of nitrogens with zero attached hydrogens (tertiary/aromatic N) is 4. The zero-order valence-electron chi connectivity index (χ0n) is 22.1. The molecule has 1 unspecified atom stereocenters. The van der Waals surface area contributed by atoms with E-state index in [1.165, 1.54) is 16.7 Å². The molecule has 3 aromatic rings. The number of piperazine rings is 1. The maximum Gasteiger partial charge on any atom is 0.257 e. The maximum absolute atomic E-state index is 13.7. The van der Waals surface area contributed by atoms with Crippen molar-refractivity contribution in [3.8, 4) is 5.75 Å². The van der Waals surface area contributed by atoms with Gasteiger partial charge in [0.05, 0.1) is 25.4 Å². The van der Waals surface area contributed by atoms with Crippen molar-refractivity contribution in [2.75, 3.05) is 39.8 Å². The van der Waals surface area contributed by atoms with Gasteiger partial charge in [-0.2, -0.15) is 5.10 Å². The van der Waals surface area contributed by atoms with Crippen LogP contribution in [0.15, 0.2) is 77.9 Å². The quantitative estimate of drug-likeness (QED) is 0.471. The first kappa shape index (κ1) is 25.2. The fraction of sp³-hybridized carbons (Fsp3) is 0.355. The molecule has 2 aliphatic heterocycles. The smallest absolute Gasteiger partial charge is 0.257 e. The Hall–Kier alpha value is -3.48. The monoisotopic (exact) mass is 496 g/mol. The lowest BCUT2D eigenvalue weighted by molar-refractivity contribution is -0.134. The van der Waals surface area contributed by atoms with Gasteiger partial charge in [-0.15, -0.1) is 0 Å². The van der Waals surface area contributed by atoms with Crippen LogP contribution in [0.3, 0.4) is 0 Å². The van der Waals surface area contributed by atoms with Crippen LogP contribution in [0.1, 0.15) is 40.3 Å². The van der Waals surface area contributed by atoms with Gasteiger partial charge >= 0.3 is 0 Å². The molecule has 0 aromatic heterocycles. The highest BCUT2D eigenvalue weighted by atomic mass is 16.5. The Morgan fingerprint density at radius 1 is 0.892 bits per heavy atom. The highest BCUT2D eigenvalue weighted by Gasteiger charge is 2.35. The highest BCUT2D eigenvalue weighted by molar-refractivity contribution is 6.03. The largest absolute Gasteiger partial charge is 0.496 e. The van der Waals surface area contributed by atoms with Crippen molar-refractivity contribution < 1.29 is 9.53 Å². The first-order valence-electron chi connectivity index (χ1n) is 13.1. The summed E-state index contributed by atoms with van der Waals surface area (Å²) in [4.78, 5) is 18.4. The van der Waals surface area contributed by atoms with Crippen LogP contribution in [0.5, 0.6) is 5.75 Å². The van der Waals surface area contributed by atoms with E-state index in [-0.39, 0.29) is 11.9 Å². The minimum absolute atomic E-state index is 0.0336. The second kappa shape index (κ2) is 11.3. The zero-order valence-corrected chi connectivity index (χ0v) is 22.1. The van der Waals surface area contributed by atoms with Crippen molar-refractivity contribution in [1.29, 1.82) is 0 Å². The Morgan fingerprint density at radius 2 is 1.59 bits per heavy atom. The molecule has 0 aliphatic carbocycles. The average molecular weight is 497 g/mol. The lowest BCUT2D eigenvalue weighted by Gasteiger charge is -2.35. The number of hydrazone groups is 1. The molecule has 1 fully saturated rings. The average Bonchev–Trinajstić information content (AvgIpc) is 3.37. The van der Waals surface area contributed by atoms with E-state index < -0.39 is 0 Å². The summed E-state index contributed by atoms with van der Waals surface area (Å²) in [5.74, 6) is 0.822. The normalized spacial score (nSPS) is 18.6. The SMILES string of the molecule is COc1ccccc1C1CC(c2ccc(C)c(C)c2)=NN1C(=O)CN1CCN(Cc2ccccc2)CC1. The van der Waals surface area contributed by atoms with Gasteiger partial charge in [-0.25, -0.2) is 5.01 Å². The molecule has 0 saturated carbocycles. The second-order valence-corrected chi connectivity index (χ2v) is 10.1. The van der Waals surface area contributed by atoms with Crippen LogP contribution in [-0.2, 0) is 11.3 Å². The summed E-state index contributed by atoms with van der Waals surface area (Å²) < 4.78 is 5.67.